The summed E-state index contributed by atoms with van der Waals surface area (Å²) in [7, 11) is 0. The SMILES string of the molecule is C#CCOc1ccc(Cl)cc1[C@@H]1C(C#N)=C(N)Oc2cc(O)ccc21. The normalized spacial score (nSPS) is 15.6. The van der Waals surface area contributed by atoms with Crippen LogP contribution in [-0.2, 0) is 0 Å². The smallest absolute Gasteiger partial charge is 0.205 e. The maximum Gasteiger partial charge on any atom is 0.205 e. The van der Waals surface area contributed by atoms with Gasteiger partial charge in [-0.15, -0.1) is 6.42 Å². The zero-order valence-electron chi connectivity index (χ0n) is 13.0. The number of hydrogen-bond donors (Lipinski definition) is 2. The predicted molar refractivity (Wildman–Crippen MR) is 93.2 cm³/mol. The summed E-state index contributed by atoms with van der Waals surface area (Å²) in [5, 5.41) is 19.8. The van der Waals surface area contributed by atoms with Crippen molar-refractivity contribution in [2.45, 2.75) is 5.92 Å². The maximum atomic E-state index is 9.70. The van der Waals surface area contributed by atoms with E-state index in [1.54, 1.807) is 24.3 Å². The molecule has 1 heterocycles. The molecule has 1 atom stereocenters. The summed E-state index contributed by atoms with van der Waals surface area (Å²) in [4.78, 5) is 0. The van der Waals surface area contributed by atoms with Crippen LogP contribution >= 0.6 is 11.6 Å². The third-order valence-corrected chi connectivity index (χ3v) is 4.03. The number of phenolic OH excluding ortho intramolecular Hbond substituents is 1. The zero-order valence-corrected chi connectivity index (χ0v) is 13.7. The number of nitrogens with two attached hydrogens (primary N) is 1. The number of nitriles is 1. The zero-order chi connectivity index (χ0) is 18.0. The van der Waals surface area contributed by atoms with Crippen molar-refractivity contribution in [1.82, 2.24) is 0 Å². The van der Waals surface area contributed by atoms with Gasteiger partial charge >= 0.3 is 0 Å². The molecule has 6 heteroatoms. The molecule has 0 amide bonds. The lowest BCUT2D eigenvalue weighted by atomic mass is 9.83. The molecule has 1 aliphatic rings. The van der Waals surface area contributed by atoms with Crippen LogP contribution in [0.2, 0.25) is 5.02 Å². The van der Waals surface area contributed by atoms with Gasteiger partial charge in [-0.25, -0.2) is 0 Å². The number of nitrogens with zero attached hydrogens (tertiary/aromatic N) is 1. The quantitative estimate of drug-likeness (QED) is 0.827. The Labute approximate surface area is 149 Å². The van der Waals surface area contributed by atoms with Gasteiger partial charge in [0.15, 0.2) is 0 Å². The van der Waals surface area contributed by atoms with E-state index in [9.17, 15) is 10.4 Å². The van der Waals surface area contributed by atoms with Crippen molar-refractivity contribution in [2.75, 3.05) is 6.61 Å². The van der Waals surface area contributed by atoms with E-state index in [0.717, 1.165) is 0 Å². The van der Waals surface area contributed by atoms with Gasteiger partial charge in [-0.2, -0.15) is 5.26 Å². The van der Waals surface area contributed by atoms with Crippen LogP contribution in [0, 0.1) is 23.7 Å². The number of rotatable bonds is 3. The van der Waals surface area contributed by atoms with Gasteiger partial charge in [0, 0.05) is 22.2 Å². The monoisotopic (exact) mass is 352 g/mol. The number of hydrogen-bond acceptors (Lipinski definition) is 5. The molecule has 0 aliphatic carbocycles. The maximum absolute atomic E-state index is 9.70. The lowest BCUT2D eigenvalue weighted by Crippen LogP contribution is -2.21. The molecule has 0 saturated heterocycles. The molecule has 0 aromatic heterocycles. The Balaban J connectivity index is 2.23. The van der Waals surface area contributed by atoms with Crippen LogP contribution in [0.15, 0.2) is 47.9 Å². The first-order valence-electron chi connectivity index (χ1n) is 7.31. The first-order chi connectivity index (χ1) is 12.0. The van der Waals surface area contributed by atoms with E-state index >= 15 is 0 Å². The van der Waals surface area contributed by atoms with Crippen LogP contribution < -0.4 is 15.2 Å². The van der Waals surface area contributed by atoms with Crippen molar-refractivity contribution < 1.29 is 14.6 Å². The second-order valence-corrected chi connectivity index (χ2v) is 5.76. The minimum absolute atomic E-state index is 0.0283. The van der Waals surface area contributed by atoms with Gasteiger partial charge in [0.2, 0.25) is 5.88 Å². The number of fused-ring (bicyclic) bond motifs is 1. The molecular weight excluding hydrogens is 340 g/mol. The van der Waals surface area contributed by atoms with E-state index in [-0.39, 0.29) is 23.8 Å². The Morgan fingerprint density at radius 3 is 2.80 bits per heavy atom. The molecule has 0 unspecified atom stereocenters. The standard InChI is InChI=1S/C19H13ClN2O3/c1-2-7-24-16-6-3-11(20)8-14(16)18-13-5-4-12(23)9-17(13)25-19(22)15(18)10-21/h1,3-6,8-9,18,23H,7,22H2/t18-/m1/s1. The fourth-order valence-corrected chi connectivity index (χ4v) is 2.94. The first-order valence-corrected chi connectivity index (χ1v) is 7.69. The Bertz CT molecular complexity index is 954. The summed E-state index contributed by atoms with van der Waals surface area (Å²) in [6.45, 7) is 0.0708. The summed E-state index contributed by atoms with van der Waals surface area (Å²) in [6, 6.07) is 11.8. The highest BCUT2D eigenvalue weighted by Gasteiger charge is 2.33. The number of ether oxygens (including phenoxy) is 2. The van der Waals surface area contributed by atoms with Gasteiger partial charge in [-0.3, -0.25) is 0 Å². The molecule has 5 nitrogen and oxygen atoms in total. The number of phenols is 1. The molecule has 0 spiro atoms. The highest BCUT2D eigenvalue weighted by Crippen LogP contribution is 2.46. The number of benzene rings is 2. The molecule has 124 valence electrons. The number of terminal acetylenes is 1. The lowest BCUT2D eigenvalue weighted by molar-refractivity contribution is 0.361. The lowest BCUT2D eigenvalue weighted by Gasteiger charge is -2.27. The van der Waals surface area contributed by atoms with Gasteiger partial charge in [-0.1, -0.05) is 23.6 Å². The Morgan fingerprint density at radius 1 is 1.28 bits per heavy atom. The van der Waals surface area contributed by atoms with Gasteiger partial charge in [0.25, 0.3) is 0 Å². The highest BCUT2D eigenvalue weighted by molar-refractivity contribution is 6.30. The Kier molecular flexibility index (Phi) is 4.43. The Hall–Kier alpha value is -3.28. The number of aromatic hydroxyl groups is 1. The molecular formula is C19H13ClN2O3. The molecule has 1 aliphatic heterocycles. The van der Waals surface area contributed by atoms with Crippen LogP contribution in [-0.4, -0.2) is 11.7 Å². The average Bonchev–Trinajstić information content (AvgIpc) is 2.59. The van der Waals surface area contributed by atoms with Gasteiger partial charge in [0.1, 0.15) is 35.5 Å². The van der Waals surface area contributed by atoms with Crippen molar-refractivity contribution in [1.29, 1.82) is 5.26 Å². The van der Waals surface area contributed by atoms with Crippen LogP contribution in [0.1, 0.15) is 17.0 Å². The molecule has 3 rings (SSSR count). The summed E-state index contributed by atoms with van der Waals surface area (Å²) in [5.41, 5.74) is 7.45. The largest absolute Gasteiger partial charge is 0.508 e. The van der Waals surface area contributed by atoms with Gasteiger partial charge < -0.3 is 20.3 Å². The van der Waals surface area contributed by atoms with Crippen molar-refractivity contribution in [3.05, 3.63) is 64.0 Å². The van der Waals surface area contributed by atoms with Crippen molar-refractivity contribution in [3.63, 3.8) is 0 Å². The van der Waals surface area contributed by atoms with Crippen LogP contribution in [0.3, 0.4) is 0 Å². The molecule has 0 radical (unpaired) electrons. The minimum Gasteiger partial charge on any atom is -0.508 e. The van der Waals surface area contributed by atoms with Crippen molar-refractivity contribution >= 4 is 11.6 Å². The highest BCUT2D eigenvalue weighted by atomic mass is 35.5. The van der Waals surface area contributed by atoms with E-state index in [0.29, 0.717) is 27.6 Å². The van der Waals surface area contributed by atoms with E-state index in [1.165, 1.54) is 12.1 Å². The van der Waals surface area contributed by atoms with Gasteiger partial charge in [0.05, 0.1) is 5.92 Å². The second kappa shape index (κ2) is 6.68. The molecule has 0 bridgehead atoms. The summed E-state index contributed by atoms with van der Waals surface area (Å²) in [5.74, 6) is 2.71. The molecule has 2 aromatic rings. The van der Waals surface area contributed by atoms with Crippen molar-refractivity contribution in [2.24, 2.45) is 5.73 Å². The summed E-state index contributed by atoms with van der Waals surface area (Å²) < 4.78 is 11.1. The van der Waals surface area contributed by atoms with E-state index < -0.39 is 5.92 Å². The van der Waals surface area contributed by atoms with Crippen LogP contribution in [0.4, 0.5) is 0 Å². The summed E-state index contributed by atoms with van der Waals surface area (Å²) in [6.07, 6.45) is 5.27. The third kappa shape index (κ3) is 3.06. The van der Waals surface area contributed by atoms with Crippen LogP contribution in [0.25, 0.3) is 0 Å². The molecule has 0 fully saturated rings. The summed E-state index contributed by atoms with van der Waals surface area (Å²) >= 11 is 6.15. The first kappa shape index (κ1) is 16.6. The molecule has 2 aromatic carbocycles. The van der Waals surface area contributed by atoms with E-state index in [1.807, 2.05) is 0 Å². The third-order valence-electron chi connectivity index (χ3n) is 3.80. The number of allylic oxidation sites excluding steroid dienone is 1. The van der Waals surface area contributed by atoms with Crippen molar-refractivity contribution in [3.8, 4) is 35.7 Å². The number of halogens is 1. The predicted octanol–water partition coefficient (Wildman–Crippen LogP) is 3.28. The molecule has 0 saturated carbocycles. The molecule has 25 heavy (non-hydrogen) atoms. The minimum atomic E-state index is -0.555. The average molecular weight is 353 g/mol. The fraction of sp³-hybridized carbons (Fsp3) is 0.105. The van der Waals surface area contributed by atoms with Crippen LogP contribution in [0.5, 0.6) is 17.2 Å². The fourth-order valence-electron chi connectivity index (χ4n) is 2.76. The second-order valence-electron chi connectivity index (χ2n) is 5.32. The molecule has 3 N–H and O–H groups in total. The van der Waals surface area contributed by atoms with E-state index in [2.05, 4.69) is 12.0 Å². The van der Waals surface area contributed by atoms with E-state index in [4.69, 9.17) is 33.2 Å². The Morgan fingerprint density at radius 2 is 2.08 bits per heavy atom. The van der Waals surface area contributed by atoms with Gasteiger partial charge in [-0.05, 0) is 24.3 Å². The topological polar surface area (TPSA) is 88.5 Å².